The average molecular weight is 515 g/mol. The lowest BCUT2D eigenvalue weighted by atomic mass is 10.1. The molecule has 190 valence electrons. The average Bonchev–Trinajstić information content (AvgIpc) is 3.52. The summed E-state index contributed by atoms with van der Waals surface area (Å²) in [7, 11) is 0. The Bertz CT molecular complexity index is 1420. The van der Waals surface area contributed by atoms with Gasteiger partial charge in [-0.1, -0.05) is 18.7 Å². The van der Waals surface area contributed by atoms with Crippen LogP contribution in [0.2, 0.25) is 0 Å². The van der Waals surface area contributed by atoms with E-state index in [0.29, 0.717) is 23.4 Å². The summed E-state index contributed by atoms with van der Waals surface area (Å²) in [6.45, 7) is 8.10. The van der Waals surface area contributed by atoms with E-state index in [1.165, 1.54) is 17.4 Å². The van der Waals surface area contributed by atoms with E-state index in [1.807, 2.05) is 43.3 Å². The van der Waals surface area contributed by atoms with Gasteiger partial charge in [0, 0.05) is 41.3 Å². The number of ketones is 1. The molecule has 1 aromatic heterocycles. The normalized spacial score (nSPS) is 17.3. The van der Waals surface area contributed by atoms with E-state index in [9.17, 15) is 14.4 Å². The molecule has 37 heavy (non-hydrogen) atoms. The van der Waals surface area contributed by atoms with Gasteiger partial charge in [0.25, 0.3) is 5.91 Å². The second-order valence-corrected chi connectivity index (χ2v) is 10.5. The first-order valence-corrected chi connectivity index (χ1v) is 13.4. The highest BCUT2D eigenvalue weighted by Crippen LogP contribution is 2.37. The molecule has 2 amide bonds. The first-order valence-electron chi connectivity index (χ1n) is 12.6. The molecule has 2 aliphatic rings. The van der Waals surface area contributed by atoms with Gasteiger partial charge in [0.2, 0.25) is 5.91 Å². The molecule has 7 nitrogen and oxygen atoms in total. The van der Waals surface area contributed by atoms with Gasteiger partial charge >= 0.3 is 0 Å². The molecule has 1 atom stereocenters. The Morgan fingerprint density at radius 3 is 2.78 bits per heavy atom. The van der Waals surface area contributed by atoms with Gasteiger partial charge in [-0.25, -0.2) is 0 Å². The molecule has 2 aromatic carbocycles. The fourth-order valence-corrected chi connectivity index (χ4v) is 5.87. The number of fused-ring (bicyclic) bond motifs is 3. The number of benzene rings is 2. The second kappa shape index (κ2) is 10.6. The van der Waals surface area contributed by atoms with E-state index in [-0.39, 0.29) is 23.6 Å². The Balaban J connectivity index is 1.33. The molecule has 0 spiro atoms. The van der Waals surface area contributed by atoms with Crippen LogP contribution in [-0.2, 0) is 11.2 Å². The van der Waals surface area contributed by atoms with E-state index in [1.54, 1.807) is 12.1 Å². The Morgan fingerprint density at radius 2 is 2.00 bits per heavy atom. The second-order valence-electron chi connectivity index (χ2n) is 9.48. The predicted octanol–water partition coefficient (Wildman–Crippen LogP) is 5.15. The van der Waals surface area contributed by atoms with Crippen molar-refractivity contribution in [3.63, 3.8) is 0 Å². The third-order valence-electron chi connectivity index (χ3n) is 6.72. The van der Waals surface area contributed by atoms with Crippen molar-refractivity contribution < 1.29 is 14.4 Å². The molecule has 0 unspecified atom stereocenters. The van der Waals surface area contributed by atoms with Crippen molar-refractivity contribution in [3.8, 4) is 0 Å². The summed E-state index contributed by atoms with van der Waals surface area (Å²) in [6.07, 6.45) is 7.54. The molecule has 3 aromatic rings. The highest BCUT2D eigenvalue weighted by molar-refractivity contribution is 7.21. The summed E-state index contributed by atoms with van der Waals surface area (Å²) in [5, 5.41) is 10.2. The van der Waals surface area contributed by atoms with Crippen molar-refractivity contribution in [3.05, 3.63) is 77.2 Å². The van der Waals surface area contributed by atoms with Crippen LogP contribution in [0.1, 0.15) is 45.4 Å². The van der Waals surface area contributed by atoms with Crippen LogP contribution in [0.5, 0.6) is 0 Å². The maximum atomic E-state index is 13.0. The zero-order chi connectivity index (χ0) is 25.9. The van der Waals surface area contributed by atoms with Gasteiger partial charge in [0.1, 0.15) is 4.88 Å². The number of nitrogens with zero attached hydrogens (tertiary/aromatic N) is 1. The van der Waals surface area contributed by atoms with E-state index >= 15 is 0 Å². The third-order valence-corrected chi connectivity index (χ3v) is 7.88. The number of anilines is 3. The molecule has 0 bridgehead atoms. The number of rotatable bonds is 7. The lowest BCUT2D eigenvalue weighted by Crippen LogP contribution is -2.34. The van der Waals surface area contributed by atoms with Gasteiger partial charge in [-0.3, -0.25) is 14.4 Å². The maximum Gasteiger partial charge on any atom is 0.263 e. The number of carbonyl (C=O) groups excluding carboxylic acids is 3. The van der Waals surface area contributed by atoms with Crippen molar-refractivity contribution in [1.82, 2.24) is 5.32 Å². The highest BCUT2D eigenvalue weighted by Gasteiger charge is 2.24. The van der Waals surface area contributed by atoms with Crippen molar-refractivity contribution >= 4 is 56.1 Å². The molecule has 5 rings (SSSR count). The molecule has 3 heterocycles. The third kappa shape index (κ3) is 5.29. The molecule has 0 radical (unpaired) electrons. The molecule has 1 fully saturated rings. The number of hydrogen-bond donors (Lipinski definition) is 3. The molecule has 3 N–H and O–H groups in total. The number of nitrogens with one attached hydrogen (secondary N) is 3. The molecule has 0 saturated carbocycles. The van der Waals surface area contributed by atoms with Gasteiger partial charge in [0.05, 0.1) is 17.1 Å². The number of amides is 2. The summed E-state index contributed by atoms with van der Waals surface area (Å²) >= 11 is 1.43. The summed E-state index contributed by atoms with van der Waals surface area (Å²) in [5.74, 6) is -0.422. The van der Waals surface area contributed by atoms with E-state index in [4.69, 9.17) is 0 Å². The standard InChI is InChI=1S/C29H30N4O3S/c1-3-26(35)32-22-15-19(9-11-23(22)33-13-4-5-14-33)7-6-8-24(34)20-10-12-25-21(16-20)27-28(37-25)29(36)31-18(2)17-30-27/h3,6,8-12,15-16,18,30H,1,4-5,7,13-14,17H2,2H3,(H,31,36)(H,32,35)/b8-6+/t18-/m1/s1. The van der Waals surface area contributed by atoms with E-state index < -0.39 is 0 Å². The quantitative estimate of drug-likeness (QED) is 0.300. The Kier molecular flexibility index (Phi) is 7.10. The fourth-order valence-electron chi connectivity index (χ4n) is 4.81. The van der Waals surface area contributed by atoms with Crippen LogP contribution < -0.4 is 20.9 Å². The van der Waals surface area contributed by atoms with Crippen LogP contribution in [-0.4, -0.2) is 43.3 Å². The zero-order valence-electron chi connectivity index (χ0n) is 20.8. The summed E-state index contributed by atoms with van der Waals surface area (Å²) in [6, 6.07) is 11.6. The zero-order valence-corrected chi connectivity index (χ0v) is 21.6. The number of carbonyl (C=O) groups is 3. The van der Waals surface area contributed by atoms with Crippen LogP contribution in [0.3, 0.4) is 0 Å². The smallest absolute Gasteiger partial charge is 0.263 e. The van der Waals surface area contributed by atoms with Gasteiger partial charge in [-0.05, 0) is 74.2 Å². The van der Waals surface area contributed by atoms with Crippen molar-refractivity contribution in [1.29, 1.82) is 0 Å². The van der Waals surface area contributed by atoms with Crippen LogP contribution in [0.15, 0.2) is 61.2 Å². The van der Waals surface area contributed by atoms with Crippen molar-refractivity contribution in [2.75, 3.05) is 35.2 Å². The minimum atomic E-state index is -0.244. The topological polar surface area (TPSA) is 90.5 Å². The predicted molar refractivity (Wildman–Crippen MR) is 151 cm³/mol. The molecule has 8 heteroatoms. The SMILES string of the molecule is C=CC(=O)Nc1cc(C/C=C/C(=O)c2ccc3sc4c(c3c2)NC[C@@H](C)NC4=O)ccc1N1CCCC1. The largest absolute Gasteiger partial charge is 0.381 e. The van der Waals surface area contributed by atoms with Gasteiger partial charge in [0.15, 0.2) is 5.78 Å². The van der Waals surface area contributed by atoms with Crippen LogP contribution in [0, 0.1) is 0 Å². The van der Waals surface area contributed by atoms with Crippen LogP contribution >= 0.6 is 11.3 Å². The molecule has 2 aliphatic heterocycles. The van der Waals surface area contributed by atoms with Gasteiger partial charge in [-0.2, -0.15) is 0 Å². The highest BCUT2D eigenvalue weighted by atomic mass is 32.1. The maximum absolute atomic E-state index is 13.0. The van der Waals surface area contributed by atoms with Crippen molar-refractivity contribution in [2.45, 2.75) is 32.2 Å². The lowest BCUT2D eigenvalue weighted by Gasteiger charge is -2.22. The van der Waals surface area contributed by atoms with Gasteiger partial charge in [-0.15, -0.1) is 11.3 Å². The van der Waals surface area contributed by atoms with E-state index in [2.05, 4.69) is 27.4 Å². The monoisotopic (exact) mass is 514 g/mol. The Morgan fingerprint density at radius 1 is 1.19 bits per heavy atom. The van der Waals surface area contributed by atoms with E-state index in [0.717, 1.165) is 58.6 Å². The number of hydrogen-bond acceptors (Lipinski definition) is 6. The number of thiophene rings is 1. The Labute approximate surface area is 220 Å². The summed E-state index contributed by atoms with van der Waals surface area (Å²) in [5.41, 5.74) is 4.14. The first kappa shape index (κ1) is 24.8. The Hall–Kier alpha value is -3.91. The minimum Gasteiger partial charge on any atom is -0.381 e. The lowest BCUT2D eigenvalue weighted by molar-refractivity contribution is -0.111. The fraction of sp³-hybridized carbons (Fsp3) is 0.276. The number of allylic oxidation sites excluding steroid dienone is 2. The summed E-state index contributed by atoms with van der Waals surface area (Å²) in [4.78, 5) is 40.4. The molecule has 1 saturated heterocycles. The van der Waals surface area contributed by atoms with Crippen molar-refractivity contribution in [2.24, 2.45) is 0 Å². The van der Waals surface area contributed by atoms with Crippen LogP contribution in [0.25, 0.3) is 10.1 Å². The van der Waals surface area contributed by atoms with Gasteiger partial charge < -0.3 is 20.9 Å². The molecular formula is C29H30N4O3S. The molecule has 0 aliphatic carbocycles. The first-order chi connectivity index (χ1) is 17.9. The van der Waals surface area contributed by atoms with Crippen LogP contribution in [0.4, 0.5) is 17.1 Å². The molecular weight excluding hydrogens is 484 g/mol. The minimum absolute atomic E-state index is 0.0323. The summed E-state index contributed by atoms with van der Waals surface area (Å²) < 4.78 is 0.968.